The van der Waals surface area contributed by atoms with Gasteiger partial charge in [-0.05, 0) is 24.3 Å². The second-order valence-corrected chi connectivity index (χ2v) is 5.79. The fourth-order valence-corrected chi connectivity index (χ4v) is 2.79. The highest BCUT2D eigenvalue weighted by atomic mass is 32.1. The molecule has 0 spiro atoms. The van der Waals surface area contributed by atoms with Crippen LogP contribution in [0.5, 0.6) is 0 Å². The topological polar surface area (TPSA) is 49.4 Å². The van der Waals surface area contributed by atoms with Gasteiger partial charge < -0.3 is 5.32 Å². The molecule has 2 rings (SSSR count). The van der Waals surface area contributed by atoms with E-state index in [0.717, 1.165) is 4.88 Å². The van der Waals surface area contributed by atoms with E-state index in [0.29, 0.717) is 6.54 Å². The Kier molecular flexibility index (Phi) is 2.95. The van der Waals surface area contributed by atoms with Crippen LogP contribution in [0.4, 0.5) is 4.79 Å². The number of imide groups is 1. The molecule has 0 saturated carbocycles. The summed E-state index contributed by atoms with van der Waals surface area (Å²) in [5.41, 5.74) is -0.889. The average Bonchev–Trinajstić information content (AvgIpc) is 2.83. The van der Waals surface area contributed by atoms with Crippen LogP contribution >= 0.6 is 11.3 Å². The quantitative estimate of drug-likeness (QED) is 0.838. The molecule has 1 aliphatic rings. The van der Waals surface area contributed by atoms with Crippen LogP contribution in [0, 0.1) is 5.92 Å². The summed E-state index contributed by atoms with van der Waals surface area (Å²) in [6, 6.07) is 3.47. The first-order valence-electron chi connectivity index (χ1n) is 5.63. The van der Waals surface area contributed by atoms with Crippen LogP contribution in [-0.2, 0) is 10.3 Å². The van der Waals surface area contributed by atoms with E-state index in [4.69, 9.17) is 0 Å². The molecule has 1 aliphatic heterocycles. The minimum Gasteiger partial charge on any atom is -0.319 e. The van der Waals surface area contributed by atoms with Crippen molar-refractivity contribution in [1.82, 2.24) is 10.2 Å². The molecular weight excluding hydrogens is 236 g/mol. The molecule has 2 heterocycles. The molecule has 0 radical (unpaired) electrons. The van der Waals surface area contributed by atoms with Crippen LogP contribution in [-0.4, -0.2) is 23.4 Å². The van der Waals surface area contributed by atoms with Crippen molar-refractivity contribution < 1.29 is 9.59 Å². The zero-order valence-corrected chi connectivity index (χ0v) is 11.0. The van der Waals surface area contributed by atoms with Crippen molar-refractivity contribution in [2.45, 2.75) is 26.3 Å². The van der Waals surface area contributed by atoms with Gasteiger partial charge in [0.25, 0.3) is 5.91 Å². The van der Waals surface area contributed by atoms with E-state index in [1.54, 1.807) is 6.92 Å². The molecule has 1 atom stereocenters. The maximum absolute atomic E-state index is 12.3. The van der Waals surface area contributed by atoms with Crippen molar-refractivity contribution >= 4 is 23.3 Å². The largest absolute Gasteiger partial charge is 0.325 e. The first-order valence-corrected chi connectivity index (χ1v) is 6.51. The summed E-state index contributed by atoms with van der Waals surface area (Å²) in [4.78, 5) is 26.3. The Bertz CT molecular complexity index is 441. The van der Waals surface area contributed by atoms with E-state index in [-0.39, 0.29) is 17.9 Å². The molecule has 0 bridgehead atoms. The molecule has 1 aromatic heterocycles. The van der Waals surface area contributed by atoms with Crippen molar-refractivity contribution in [3.8, 4) is 0 Å². The molecular formula is C12H16N2O2S. The van der Waals surface area contributed by atoms with E-state index < -0.39 is 5.54 Å². The van der Waals surface area contributed by atoms with Crippen molar-refractivity contribution in [2.75, 3.05) is 6.54 Å². The Morgan fingerprint density at radius 1 is 1.47 bits per heavy atom. The Hall–Kier alpha value is -1.36. The van der Waals surface area contributed by atoms with Crippen LogP contribution in [0.2, 0.25) is 0 Å². The second kappa shape index (κ2) is 4.14. The van der Waals surface area contributed by atoms with Crippen LogP contribution in [0.25, 0.3) is 0 Å². The third-order valence-electron chi connectivity index (χ3n) is 2.84. The van der Waals surface area contributed by atoms with E-state index in [1.165, 1.54) is 16.2 Å². The number of amides is 3. The highest BCUT2D eigenvalue weighted by molar-refractivity contribution is 7.10. The number of carbonyl (C=O) groups is 2. The van der Waals surface area contributed by atoms with Crippen LogP contribution in [0.15, 0.2) is 17.5 Å². The van der Waals surface area contributed by atoms with Gasteiger partial charge >= 0.3 is 6.03 Å². The van der Waals surface area contributed by atoms with Gasteiger partial charge in [0.1, 0.15) is 0 Å². The molecule has 1 fully saturated rings. The van der Waals surface area contributed by atoms with Gasteiger partial charge in [-0.3, -0.25) is 9.69 Å². The van der Waals surface area contributed by atoms with Crippen molar-refractivity contribution in [3.05, 3.63) is 22.4 Å². The normalized spacial score (nSPS) is 24.6. The van der Waals surface area contributed by atoms with Gasteiger partial charge in [-0.1, -0.05) is 19.9 Å². The van der Waals surface area contributed by atoms with Gasteiger partial charge in [0.2, 0.25) is 0 Å². The van der Waals surface area contributed by atoms with Gasteiger partial charge in [0.05, 0.1) is 0 Å². The maximum atomic E-state index is 12.3. The number of nitrogens with one attached hydrogen (secondary N) is 1. The lowest BCUT2D eigenvalue weighted by molar-refractivity contribution is -0.131. The monoisotopic (exact) mass is 252 g/mol. The fourth-order valence-electron chi connectivity index (χ4n) is 1.96. The summed E-state index contributed by atoms with van der Waals surface area (Å²) in [7, 11) is 0. The molecule has 17 heavy (non-hydrogen) atoms. The van der Waals surface area contributed by atoms with Crippen LogP contribution < -0.4 is 5.32 Å². The number of nitrogens with zero attached hydrogens (tertiary/aromatic N) is 1. The minimum absolute atomic E-state index is 0.154. The summed E-state index contributed by atoms with van der Waals surface area (Å²) in [5, 5.41) is 4.69. The number of carbonyl (C=O) groups excluding carboxylic acids is 2. The predicted octanol–water partition coefficient (Wildman–Crippen LogP) is 2.17. The van der Waals surface area contributed by atoms with Crippen LogP contribution in [0.3, 0.4) is 0 Å². The summed E-state index contributed by atoms with van der Waals surface area (Å²) in [6.45, 7) is 6.20. The summed E-state index contributed by atoms with van der Waals surface area (Å²) in [6.07, 6.45) is 0. The Morgan fingerprint density at radius 2 is 2.18 bits per heavy atom. The number of rotatable bonds is 3. The Labute approximate surface area is 105 Å². The van der Waals surface area contributed by atoms with Gasteiger partial charge in [0, 0.05) is 11.4 Å². The third-order valence-corrected chi connectivity index (χ3v) is 3.93. The lowest BCUT2D eigenvalue weighted by Gasteiger charge is -2.20. The van der Waals surface area contributed by atoms with Crippen LogP contribution in [0.1, 0.15) is 25.6 Å². The van der Waals surface area contributed by atoms with Crippen molar-refractivity contribution in [2.24, 2.45) is 5.92 Å². The van der Waals surface area contributed by atoms with E-state index >= 15 is 0 Å². The lowest BCUT2D eigenvalue weighted by Crippen LogP contribution is -2.40. The smallest absolute Gasteiger partial charge is 0.319 e. The first-order chi connectivity index (χ1) is 7.95. The minimum atomic E-state index is -0.889. The van der Waals surface area contributed by atoms with Gasteiger partial charge in [-0.2, -0.15) is 0 Å². The molecule has 1 saturated heterocycles. The SMILES string of the molecule is CC(C)CN1C(=O)N[C@@](C)(c2cccs2)C1=O. The molecule has 1 aromatic rings. The van der Waals surface area contributed by atoms with Crippen molar-refractivity contribution in [3.63, 3.8) is 0 Å². The second-order valence-electron chi connectivity index (χ2n) is 4.84. The summed E-state index contributed by atoms with van der Waals surface area (Å²) >= 11 is 1.48. The molecule has 5 heteroatoms. The zero-order chi connectivity index (χ0) is 12.6. The highest BCUT2D eigenvalue weighted by Crippen LogP contribution is 2.32. The molecule has 92 valence electrons. The van der Waals surface area contributed by atoms with E-state index in [1.807, 2.05) is 31.4 Å². The zero-order valence-electron chi connectivity index (χ0n) is 10.2. The predicted molar refractivity (Wildman–Crippen MR) is 66.8 cm³/mol. The molecule has 1 N–H and O–H groups in total. The highest BCUT2D eigenvalue weighted by Gasteiger charge is 2.49. The summed E-state index contributed by atoms with van der Waals surface area (Å²) < 4.78 is 0. The molecule has 0 unspecified atom stereocenters. The number of thiophene rings is 1. The number of hydrogen-bond acceptors (Lipinski definition) is 3. The van der Waals surface area contributed by atoms with Gasteiger partial charge in [0.15, 0.2) is 5.54 Å². The van der Waals surface area contributed by atoms with Gasteiger partial charge in [-0.15, -0.1) is 11.3 Å². The third kappa shape index (κ3) is 1.95. The number of hydrogen-bond donors (Lipinski definition) is 1. The number of urea groups is 1. The molecule has 0 aromatic carbocycles. The molecule has 0 aliphatic carbocycles. The maximum Gasteiger partial charge on any atom is 0.325 e. The van der Waals surface area contributed by atoms with E-state index in [9.17, 15) is 9.59 Å². The lowest BCUT2D eigenvalue weighted by atomic mass is 10.0. The standard InChI is InChI=1S/C12H16N2O2S/c1-8(2)7-14-10(15)12(3,13-11(14)16)9-5-4-6-17-9/h4-6,8H,7H2,1-3H3,(H,13,16)/t12-/m0/s1. The molecule has 3 amide bonds. The van der Waals surface area contributed by atoms with Crippen molar-refractivity contribution in [1.29, 1.82) is 0 Å². The summed E-state index contributed by atoms with van der Waals surface area (Å²) in [5.74, 6) is 0.119. The average molecular weight is 252 g/mol. The Balaban J connectivity index is 2.29. The first kappa shape index (κ1) is 12.1. The molecule has 4 nitrogen and oxygen atoms in total. The van der Waals surface area contributed by atoms with E-state index in [2.05, 4.69) is 5.32 Å². The Morgan fingerprint density at radius 3 is 2.71 bits per heavy atom. The fraction of sp³-hybridized carbons (Fsp3) is 0.500. The van der Waals surface area contributed by atoms with Gasteiger partial charge in [-0.25, -0.2) is 4.79 Å².